The molecule has 144 valence electrons. The van der Waals surface area contributed by atoms with Crippen LogP contribution in [-0.2, 0) is 0 Å². The van der Waals surface area contributed by atoms with E-state index in [2.05, 4.69) is 16.0 Å². The molecule has 0 saturated heterocycles. The summed E-state index contributed by atoms with van der Waals surface area (Å²) in [6.07, 6.45) is 7.55. The Morgan fingerprint density at radius 3 is 2.41 bits per heavy atom. The number of para-hydroxylation sites is 1. The number of rotatable bonds is 3. The Balaban J connectivity index is 0.000000994. The summed E-state index contributed by atoms with van der Waals surface area (Å²) in [6, 6.07) is 18.0. The molecule has 0 aliphatic heterocycles. The third kappa shape index (κ3) is 3.43. The number of aromatic nitrogens is 4. The van der Waals surface area contributed by atoms with Crippen LogP contribution < -0.4 is 4.74 Å². The molecule has 3 aromatic heterocycles. The second-order valence-electron chi connectivity index (χ2n) is 6.27. The molecule has 5 rings (SSSR count). The smallest absolute Gasteiger partial charge is 0.164 e. The number of fused-ring (bicyclic) bond motifs is 2. The molecule has 0 bridgehead atoms. The SMILES string of the molecule is CC.COc1ccc(-c2cnc3c(-c4ccnc5ccccc45)ncn3c2)cc1. The van der Waals surface area contributed by atoms with Gasteiger partial charge in [-0.3, -0.25) is 9.38 Å². The number of benzene rings is 2. The molecule has 5 heteroatoms. The van der Waals surface area contributed by atoms with Crippen molar-refractivity contribution in [1.82, 2.24) is 19.4 Å². The zero-order chi connectivity index (χ0) is 20.2. The van der Waals surface area contributed by atoms with Gasteiger partial charge in [-0.1, -0.05) is 44.2 Å². The van der Waals surface area contributed by atoms with E-state index < -0.39 is 0 Å². The van der Waals surface area contributed by atoms with Crippen LogP contribution in [0.15, 0.2) is 79.5 Å². The standard InChI is InChI=1S/C22H16N4O.C2H6/c1-27-17-8-6-15(7-9-17)16-12-24-22-21(25-14-26(22)13-16)19-10-11-23-20-5-3-2-4-18(19)20;1-2/h2-14H,1H3;1-2H3. The first-order valence-corrected chi connectivity index (χ1v) is 9.65. The molecule has 2 aromatic carbocycles. The van der Waals surface area contributed by atoms with Crippen LogP contribution in [0, 0.1) is 0 Å². The van der Waals surface area contributed by atoms with Gasteiger partial charge in [0.25, 0.3) is 0 Å². The number of hydrogen-bond donors (Lipinski definition) is 0. The molecular formula is C24H22N4O. The number of ether oxygens (including phenoxy) is 1. The maximum absolute atomic E-state index is 5.23. The summed E-state index contributed by atoms with van der Waals surface area (Å²) >= 11 is 0. The lowest BCUT2D eigenvalue weighted by atomic mass is 10.1. The Labute approximate surface area is 169 Å². The normalized spacial score (nSPS) is 10.6. The van der Waals surface area contributed by atoms with Gasteiger partial charge in [0, 0.05) is 35.1 Å². The summed E-state index contributed by atoms with van der Waals surface area (Å²) < 4.78 is 7.19. The van der Waals surface area contributed by atoms with Crippen LogP contribution in [0.25, 0.3) is 38.9 Å². The maximum Gasteiger partial charge on any atom is 0.164 e. The fourth-order valence-corrected chi connectivity index (χ4v) is 3.32. The van der Waals surface area contributed by atoms with Crippen LogP contribution >= 0.6 is 0 Å². The van der Waals surface area contributed by atoms with Crippen molar-refractivity contribution >= 4 is 16.6 Å². The van der Waals surface area contributed by atoms with Crippen molar-refractivity contribution in [3.05, 3.63) is 79.5 Å². The average Bonchev–Trinajstić information content (AvgIpc) is 3.23. The van der Waals surface area contributed by atoms with Gasteiger partial charge in [-0.15, -0.1) is 0 Å². The van der Waals surface area contributed by atoms with Crippen LogP contribution in [0.4, 0.5) is 0 Å². The first-order valence-electron chi connectivity index (χ1n) is 9.65. The molecule has 0 spiro atoms. The Bertz CT molecular complexity index is 1250. The molecule has 0 amide bonds. The number of nitrogens with zero attached hydrogens (tertiary/aromatic N) is 4. The molecule has 0 fully saturated rings. The first-order chi connectivity index (χ1) is 14.3. The van der Waals surface area contributed by atoms with Crippen molar-refractivity contribution in [2.24, 2.45) is 0 Å². The summed E-state index contributed by atoms with van der Waals surface area (Å²) in [5.41, 5.74) is 5.76. The fraction of sp³-hybridized carbons (Fsp3) is 0.125. The van der Waals surface area contributed by atoms with Crippen molar-refractivity contribution in [2.45, 2.75) is 13.8 Å². The van der Waals surface area contributed by atoms with Crippen molar-refractivity contribution in [3.63, 3.8) is 0 Å². The van der Waals surface area contributed by atoms with Crippen molar-refractivity contribution < 1.29 is 4.74 Å². The van der Waals surface area contributed by atoms with Gasteiger partial charge in [0.1, 0.15) is 17.8 Å². The molecule has 5 nitrogen and oxygen atoms in total. The van der Waals surface area contributed by atoms with Gasteiger partial charge in [0.05, 0.1) is 12.6 Å². The average molecular weight is 382 g/mol. The van der Waals surface area contributed by atoms with E-state index in [0.717, 1.165) is 44.7 Å². The number of pyridine rings is 1. The van der Waals surface area contributed by atoms with Gasteiger partial charge in [-0.2, -0.15) is 0 Å². The number of hydrogen-bond acceptors (Lipinski definition) is 4. The van der Waals surface area contributed by atoms with Gasteiger partial charge >= 0.3 is 0 Å². The second-order valence-corrected chi connectivity index (χ2v) is 6.27. The zero-order valence-corrected chi connectivity index (χ0v) is 16.7. The zero-order valence-electron chi connectivity index (χ0n) is 16.7. The molecule has 5 aromatic rings. The molecular weight excluding hydrogens is 360 g/mol. The van der Waals surface area contributed by atoms with Crippen molar-refractivity contribution in [3.8, 4) is 28.1 Å². The lowest BCUT2D eigenvalue weighted by molar-refractivity contribution is 0.415. The summed E-state index contributed by atoms with van der Waals surface area (Å²) in [5.74, 6) is 0.835. The van der Waals surface area contributed by atoms with E-state index in [-0.39, 0.29) is 0 Å². The molecule has 0 N–H and O–H groups in total. The third-order valence-corrected chi connectivity index (χ3v) is 4.70. The fourth-order valence-electron chi connectivity index (χ4n) is 3.32. The highest BCUT2D eigenvalue weighted by Gasteiger charge is 2.12. The van der Waals surface area contributed by atoms with Crippen LogP contribution in [0.5, 0.6) is 5.75 Å². The molecule has 3 heterocycles. The van der Waals surface area contributed by atoms with E-state index >= 15 is 0 Å². The molecule has 0 aliphatic rings. The quantitative estimate of drug-likeness (QED) is 0.405. The Morgan fingerprint density at radius 1 is 0.828 bits per heavy atom. The second kappa shape index (κ2) is 8.10. The number of imidazole rings is 1. The van der Waals surface area contributed by atoms with Crippen molar-refractivity contribution in [1.29, 1.82) is 0 Å². The van der Waals surface area contributed by atoms with Gasteiger partial charge in [-0.05, 0) is 29.8 Å². The highest BCUT2D eigenvalue weighted by atomic mass is 16.5. The Hall–Kier alpha value is -3.73. The lowest BCUT2D eigenvalue weighted by Crippen LogP contribution is -1.91. The van der Waals surface area contributed by atoms with Gasteiger partial charge in [-0.25, -0.2) is 9.97 Å². The Kier molecular flexibility index (Phi) is 5.20. The van der Waals surface area contributed by atoms with E-state index in [1.807, 2.05) is 85.4 Å². The first kappa shape index (κ1) is 18.6. The molecule has 0 atom stereocenters. The van der Waals surface area contributed by atoms with Crippen LogP contribution in [-0.4, -0.2) is 26.5 Å². The summed E-state index contributed by atoms with van der Waals surface area (Å²) in [4.78, 5) is 13.8. The molecule has 0 aliphatic carbocycles. The molecule has 0 radical (unpaired) electrons. The van der Waals surface area contributed by atoms with E-state index in [9.17, 15) is 0 Å². The number of methoxy groups -OCH3 is 1. The van der Waals surface area contributed by atoms with Crippen LogP contribution in [0.1, 0.15) is 13.8 Å². The van der Waals surface area contributed by atoms with Crippen LogP contribution in [0.3, 0.4) is 0 Å². The Morgan fingerprint density at radius 2 is 1.62 bits per heavy atom. The van der Waals surface area contributed by atoms with Gasteiger partial charge < -0.3 is 4.74 Å². The largest absolute Gasteiger partial charge is 0.497 e. The summed E-state index contributed by atoms with van der Waals surface area (Å²) in [7, 11) is 1.67. The molecule has 0 saturated carbocycles. The maximum atomic E-state index is 5.23. The predicted octanol–water partition coefficient (Wildman–Crippen LogP) is 5.65. The van der Waals surface area contributed by atoms with E-state index in [1.54, 1.807) is 13.4 Å². The van der Waals surface area contributed by atoms with Crippen molar-refractivity contribution in [2.75, 3.05) is 7.11 Å². The summed E-state index contributed by atoms with van der Waals surface area (Å²) in [6.45, 7) is 4.00. The predicted molar refractivity (Wildman–Crippen MR) is 117 cm³/mol. The molecule has 29 heavy (non-hydrogen) atoms. The van der Waals surface area contributed by atoms with E-state index in [1.165, 1.54) is 0 Å². The van der Waals surface area contributed by atoms with E-state index in [4.69, 9.17) is 9.72 Å². The topological polar surface area (TPSA) is 52.3 Å². The highest BCUT2D eigenvalue weighted by molar-refractivity contribution is 5.96. The highest BCUT2D eigenvalue weighted by Crippen LogP contribution is 2.30. The minimum atomic E-state index is 0.823. The minimum Gasteiger partial charge on any atom is -0.497 e. The monoisotopic (exact) mass is 382 g/mol. The summed E-state index contributed by atoms with van der Waals surface area (Å²) in [5, 5.41) is 1.07. The third-order valence-electron chi connectivity index (χ3n) is 4.70. The molecule has 0 unspecified atom stereocenters. The van der Waals surface area contributed by atoms with Gasteiger partial charge in [0.15, 0.2) is 5.65 Å². The van der Waals surface area contributed by atoms with Crippen LogP contribution in [0.2, 0.25) is 0 Å². The van der Waals surface area contributed by atoms with E-state index in [0.29, 0.717) is 0 Å². The van der Waals surface area contributed by atoms with Gasteiger partial charge in [0.2, 0.25) is 0 Å². The lowest BCUT2D eigenvalue weighted by Gasteiger charge is -2.06. The minimum absolute atomic E-state index is 0.823.